The van der Waals surface area contributed by atoms with Crippen LogP contribution in [0.1, 0.15) is 59.5 Å². The van der Waals surface area contributed by atoms with E-state index in [-0.39, 0.29) is 18.0 Å². The van der Waals surface area contributed by atoms with E-state index in [4.69, 9.17) is 14.3 Å². The van der Waals surface area contributed by atoms with Gasteiger partial charge in [0, 0.05) is 11.3 Å². The molecule has 1 aromatic carbocycles. The fraction of sp³-hybridized carbons (Fsp3) is 0.435. The zero-order valence-corrected chi connectivity index (χ0v) is 18.7. The van der Waals surface area contributed by atoms with Crippen LogP contribution in [0.4, 0.5) is 5.00 Å². The van der Waals surface area contributed by atoms with E-state index in [1.807, 2.05) is 38.1 Å². The summed E-state index contributed by atoms with van der Waals surface area (Å²) in [7, 11) is 1.61. The molecule has 1 atom stereocenters. The predicted octanol–water partition coefficient (Wildman–Crippen LogP) is 4.33. The maximum Gasteiger partial charge on any atom is 0.341 e. The quantitative estimate of drug-likeness (QED) is 0.673. The molecule has 0 saturated heterocycles. The molecular formula is C23H26N2O5S. The van der Waals surface area contributed by atoms with Crippen LogP contribution in [0, 0.1) is 0 Å². The minimum absolute atomic E-state index is 0.228. The number of esters is 1. The standard InChI is InChI=1S/C23H26N2O5S/c1-13(2)29-23(27)20-16-6-4-5-7-19(16)31-22(20)24-21(26)18-12-17(25-30-18)14-8-10-15(28-3)11-9-14/h8-11,13,18H,4-7,12H2,1-3H3,(H,24,26). The second-order valence-corrected chi connectivity index (χ2v) is 9.03. The second kappa shape index (κ2) is 9.09. The number of hydrogen-bond donors (Lipinski definition) is 1. The Morgan fingerprint density at radius 3 is 2.65 bits per heavy atom. The normalized spacial score (nSPS) is 17.5. The van der Waals surface area contributed by atoms with Crippen molar-refractivity contribution in [3.8, 4) is 5.75 Å². The van der Waals surface area contributed by atoms with Crippen LogP contribution in [0.2, 0.25) is 0 Å². The number of aryl methyl sites for hydroxylation is 1. The number of amides is 1. The minimum Gasteiger partial charge on any atom is -0.497 e. The molecule has 0 saturated carbocycles. The number of hydrogen-bond acceptors (Lipinski definition) is 7. The van der Waals surface area contributed by atoms with Crippen molar-refractivity contribution in [3.63, 3.8) is 0 Å². The highest BCUT2D eigenvalue weighted by molar-refractivity contribution is 7.17. The van der Waals surface area contributed by atoms with Crippen LogP contribution in [0.5, 0.6) is 5.75 Å². The molecule has 2 aliphatic rings. The average Bonchev–Trinajstić information content (AvgIpc) is 3.38. The molecule has 0 bridgehead atoms. The highest BCUT2D eigenvalue weighted by Gasteiger charge is 2.32. The van der Waals surface area contributed by atoms with E-state index in [1.54, 1.807) is 7.11 Å². The van der Waals surface area contributed by atoms with Crippen molar-refractivity contribution in [2.75, 3.05) is 12.4 Å². The molecule has 31 heavy (non-hydrogen) atoms. The van der Waals surface area contributed by atoms with Crippen LogP contribution in [-0.4, -0.2) is 36.9 Å². The molecule has 1 amide bonds. The fourth-order valence-electron chi connectivity index (χ4n) is 3.81. The number of ether oxygens (including phenoxy) is 2. The molecule has 0 radical (unpaired) electrons. The van der Waals surface area contributed by atoms with Gasteiger partial charge in [-0.05, 0) is 74.9 Å². The minimum atomic E-state index is -0.745. The number of thiophene rings is 1. The van der Waals surface area contributed by atoms with E-state index >= 15 is 0 Å². The molecular weight excluding hydrogens is 416 g/mol. The van der Waals surface area contributed by atoms with Gasteiger partial charge in [0.1, 0.15) is 10.8 Å². The van der Waals surface area contributed by atoms with Gasteiger partial charge >= 0.3 is 5.97 Å². The van der Waals surface area contributed by atoms with Crippen molar-refractivity contribution >= 4 is 33.9 Å². The molecule has 7 nitrogen and oxygen atoms in total. The average molecular weight is 443 g/mol. The number of oxime groups is 1. The molecule has 0 fully saturated rings. The van der Waals surface area contributed by atoms with Gasteiger partial charge in [0.05, 0.1) is 24.5 Å². The van der Waals surface area contributed by atoms with Gasteiger partial charge in [0.15, 0.2) is 0 Å². The van der Waals surface area contributed by atoms with E-state index in [2.05, 4.69) is 10.5 Å². The number of nitrogens with zero attached hydrogens (tertiary/aromatic N) is 1. The maximum absolute atomic E-state index is 12.9. The summed E-state index contributed by atoms with van der Waals surface area (Å²) in [5.74, 6) is 0.0525. The predicted molar refractivity (Wildman–Crippen MR) is 119 cm³/mol. The number of carbonyl (C=O) groups excluding carboxylic acids is 2. The molecule has 8 heteroatoms. The van der Waals surface area contributed by atoms with Crippen molar-refractivity contribution in [1.29, 1.82) is 0 Å². The molecule has 4 rings (SSSR count). The summed E-state index contributed by atoms with van der Waals surface area (Å²) in [5.41, 5.74) is 3.09. The number of benzene rings is 1. The Kier molecular flexibility index (Phi) is 6.27. The monoisotopic (exact) mass is 442 g/mol. The van der Waals surface area contributed by atoms with Gasteiger partial charge < -0.3 is 19.6 Å². The number of anilines is 1. The van der Waals surface area contributed by atoms with Crippen LogP contribution >= 0.6 is 11.3 Å². The van der Waals surface area contributed by atoms with Crippen LogP contribution in [0.25, 0.3) is 0 Å². The van der Waals surface area contributed by atoms with Gasteiger partial charge in [0.2, 0.25) is 6.10 Å². The smallest absolute Gasteiger partial charge is 0.341 e. The van der Waals surface area contributed by atoms with Crippen LogP contribution in [-0.2, 0) is 27.2 Å². The van der Waals surface area contributed by atoms with E-state index in [9.17, 15) is 9.59 Å². The third-order valence-electron chi connectivity index (χ3n) is 5.34. The Morgan fingerprint density at radius 2 is 1.94 bits per heavy atom. The number of rotatable bonds is 6. The van der Waals surface area contributed by atoms with Gasteiger partial charge in [0.25, 0.3) is 5.91 Å². The van der Waals surface area contributed by atoms with Gasteiger partial charge in [-0.2, -0.15) is 0 Å². The van der Waals surface area contributed by atoms with Crippen molar-refractivity contribution in [2.45, 2.75) is 58.2 Å². The van der Waals surface area contributed by atoms with E-state index in [0.717, 1.165) is 47.4 Å². The lowest BCUT2D eigenvalue weighted by atomic mass is 9.95. The SMILES string of the molecule is COc1ccc(C2=NOC(C(=O)Nc3sc4c(c3C(=O)OC(C)C)CCCC4)C2)cc1. The zero-order chi connectivity index (χ0) is 22.0. The lowest BCUT2D eigenvalue weighted by Gasteiger charge is -2.14. The third-order valence-corrected chi connectivity index (χ3v) is 6.55. The van der Waals surface area contributed by atoms with E-state index < -0.39 is 6.10 Å². The van der Waals surface area contributed by atoms with Gasteiger partial charge in [-0.15, -0.1) is 11.3 Å². The maximum atomic E-state index is 12.9. The fourth-order valence-corrected chi connectivity index (χ4v) is 5.09. The molecule has 2 aromatic rings. The number of fused-ring (bicyclic) bond motifs is 1. The molecule has 1 aromatic heterocycles. The first-order valence-electron chi connectivity index (χ1n) is 10.5. The van der Waals surface area contributed by atoms with Crippen molar-refractivity contribution in [3.05, 3.63) is 45.8 Å². The Morgan fingerprint density at radius 1 is 1.19 bits per heavy atom. The summed E-state index contributed by atoms with van der Waals surface area (Å²) in [6.45, 7) is 3.64. The van der Waals surface area contributed by atoms with Gasteiger partial charge in [-0.25, -0.2) is 4.79 Å². The van der Waals surface area contributed by atoms with Crippen molar-refractivity contribution in [2.24, 2.45) is 5.16 Å². The first kappa shape index (κ1) is 21.4. The zero-order valence-electron chi connectivity index (χ0n) is 17.9. The summed E-state index contributed by atoms with van der Waals surface area (Å²) in [6.07, 6.45) is 3.25. The summed E-state index contributed by atoms with van der Waals surface area (Å²) in [4.78, 5) is 32.3. The van der Waals surface area contributed by atoms with Crippen molar-refractivity contribution < 1.29 is 23.9 Å². The molecule has 1 aliphatic carbocycles. The Bertz CT molecular complexity index is 1010. The highest BCUT2D eigenvalue weighted by Crippen LogP contribution is 2.39. The van der Waals surface area contributed by atoms with Crippen molar-refractivity contribution in [1.82, 2.24) is 0 Å². The third kappa shape index (κ3) is 4.58. The van der Waals surface area contributed by atoms with E-state index in [1.165, 1.54) is 11.3 Å². The highest BCUT2D eigenvalue weighted by atomic mass is 32.1. The topological polar surface area (TPSA) is 86.2 Å². The Balaban J connectivity index is 1.48. The van der Waals surface area contributed by atoms with Gasteiger partial charge in [-0.3, -0.25) is 4.79 Å². The Hall–Kier alpha value is -2.87. The first-order valence-corrected chi connectivity index (χ1v) is 11.3. The first-order chi connectivity index (χ1) is 15.0. The lowest BCUT2D eigenvalue weighted by molar-refractivity contribution is -0.125. The van der Waals surface area contributed by atoms with Crippen LogP contribution in [0.15, 0.2) is 29.4 Å². The van der Waals surface area contributed by atoms with Crippen LogP contribution in [0.3, 0.4) is 0 Å². The number of carbonyl (C=O) groups is 2. The lowest BCUT2D eigenvalue weighted by Crippen LogP contribution is -2.28. The van der Waals surface area contributed by atoms with E-state index in [0.29, 0.717) is 22.7 Å². The van der Waals surface area contributed by atoms with Crippen LogP contribution < -0.4 is 10.1 Å². The summed E-state index contributed by atoms with van der Waals surface area (Å²) in [5, 5.41) is 7.55. The number of methoxy groups -OCH3 is 1. The second-order valence-electron chi connectivity index (χ2n) is 7.92. The molecule has 1 unspecified atom stereocenters. The van der Waals surface area contributed by atoms with Gasteiger partial charge in [-0.1, -0.05) is 5.16 Å². The molecule has 2 heterocycles. The Labute approximate surface area is 185 Å². The molecule has 0 spiro atoms. The summed E-state index contributed by atoms with van der Waals surface area (Å²) in [6, 6.07) is 7.45. The summed E-state index contributed by atoms with van der Waals surface area (Å²) >= 11 is 1.47. The summed E-state index contributed by atoms with van der Waals surface area (Å²) < 4.78 is 10.6. The molecule has 164 valence electrons. The molecule has 1 aliphatic heterocycles. The largest absolute Gasteiger partial charge is 0.497 e. The molecule has 1 N–H and O–H groups in total. The number of nitrogens with one attached hydrogen (secondary N) is 1.